The van der Waals surface area contributed by atoms with Crippen LogP contribution in [0.5, 0.6) is 5.88 Å². The number of amides is 1. The molecule has 1 aromatic heterocycles. The van der Waals surface area contributed by atoms with Crippen molar-refractivity contribution in [3.05, 3.63) is 57.2 Å². The first-order valence-corrected chi connectivity index (χ1v) is 9.44. The van der Waals surface area contributed by atoms with Gasteiger partial charge in [-0.1, -0.05) is 11.6 Å². The van der Waals surface area contributed by atoms with Gasteiger partial charge in [0.15, 0.2) is 0 Å². The molecule has 3 rings (SSSR count). The van der Waals surface area contributed by atoms with E-state index in [1.54, 1.807) is 42.5 Å². The van der Waals surface area contributed by atoms with Gasteiger partial charge in [-0.2, -0.15) is 0 Å². The summed E-state index contributed by atoms with van der Waals surface area (Å²) < 4.78 is 10.5. The van der Waals surface area contributed by atoms with E-state index in [0.29, 0.717) is 55.7 Å². The molecule has 1 amide bonds. The maximum Gasteiger partial charge on any atom is 0.294 e. The Hall–Kier alpha value is -2.91. The second-order valence-electron chi connectivity index (χ2n) is 6.37. The predicted octanol–water partition coefficient (Wildman–Crippen LogP) is 2.63. The summed E-state index contributed by atoms with van der Waals surface area (Å²) in [4.78, 5) is 31.6. The summed E-state index contributed by atoms with van der Waals surface area (Å²) in [7, 11) is 1.57. The van der Waals surface area contributed by atoms with Gasteiger partial charge in [-0.25, -0.2) is 4.98 Å². The molecular weight excluding hydrogens is 400 g/mol. The molecule has 0 aliphatic carbocycles. The van der Waals surface area contributed by atoms with Gasteiger partial charge in [0.25, 0.3) is 11.6 Å². The van der Waals surface area contributed by atoms with E-state index < -0.39 is 4.92 Å². The average Bonchev–Trinajstić information content (AvgIpc) is 2.74. The Labute approximate surface area is 172 Å². The van der Waals surface area contributed by atoms with Crippen molar-refractivity contribution in [3.63, 3.8) is 0 Å². The lowest BCUT2D eigenvalue weighted by Gasteiger charge is -2.36. The summed E-state index contributed by atoms with van der Waals surface area (Å²) >= 11 is 5.89. The Bertz CT molecular complexity index is 887. The molecule has 0 saturated carbocycles. The fourth-order valence-corrected chi connectivity index (χ4v) is 3.29. The van der Waals surface area contributed by atoms with Crippen molar-refractivity contribution in [3.8, 4) is 5.88 Å². The minimum absolute atomic E-state index is 0.0432. The van der Waals surface area contributed by atoms with E-state index in [0.717, 1.165) is 0 Å². The predicted molar refractivity (Wildman–Crippen MR) is 108 cm³/mol. The molecule has 0 unspecified atom stereocenters. The fourth-order valence-electron chi connectivity index (χ4n) is 3.12. The first-order valence-electron chi connectivity index (χ1n) is 9.06. The number of pyridine rings is 1. The van der Waals surface area contributed by atoms with Gasteiger partial charge < -0.3 is 19.3 Å². The molecule has 10 heteroatoms. The van der Waals surface area contributed by atoms with Crippen LogP contribution in [-0.4, -0.2) is 67.2 Å². The van der Waals surface area contributed by atoms with Gasteiger partial charge in [-0.3, -0.25) is 14.9 Å². The number of nitrogens with zero attached hydrogens (tertiary/aromatic N) is 4. The number of hydrogen-bond acceptors (Lipinski definition) is 7. The molecule has 0 spiro atoms. The lowest BCUT2D eigenvalue weighted by molar-refractivity contribution is -0.384. The van der Waals surface area contributed by atoms with Crippen LogP contribution >= 0.6 is 11.6 Å². The number of nitro benzene ring substituents is 1. The summed E-state index contributed by atoms with van der Waals surface area (Å²) in [6.45, 7) is 2.46. The minimum Gasteiger partial charge on any atom is -0.475 e. The van der Waals surface area contributed by atoms with E-state index in [4.69, 9.17) is 21.1 Å². The lowest BCUT2D eigenvalue weighted by atomic mass is 10.2. The molecule has 1 aliphatic heterocycles. The topological polar surface area (TPSA) is 98.0 Å². The zero-order valence-corrected chi connectivity index (χ0v) is 16.7. The van der Waals surface area contributed by atoms with Crippen LogP contribution in [0.15, 0.2) is 36.5 Å². The summed E-state index contributed by atoms with van der Waals surface area (Å²) in [5.74, 6) is 0.0843. The molecule has 154 valence electrons. The molecule has 29 heavy (non-hydrogen) atoms. The van der Waals surface area contributed by atoms with E-state index in [1.807, 2.05) is 4.90 Å². The van der Waals surface area contributed by atoms with Gasteiger partial charge in [0.2, 0.25) is 5.88 Å². The van der Waals surface area contributed by atoms with Gasteiger partial charge in [-0.15, -0.1) is 0 Å². The number of rotatable bonds is 7. The zero-order chi connectivity index (χ0) is 20.8. The number of anilines is 1. The SMILES string of the molecule is COCCOc1ncccc1C(=O)N1CCN(c2ccc(Cl)cc2[N+](=O)[O-])CC1. The van der Waals surface area contributed by atoms with Crippen molar-refractivity contribution in [1.29, 1.82) is 0 Å². The Morgan fingerprint density at radius 2 is 2.00 bits per heavy atom. The van der Waals surface area contributed by atoms with Crippen molar-refractivity contribution in [1.82, 2.24) is 9.88 Å². The van der Waals surface area contributed by atoms with Crippen molar-refractivity contribution in [2.75, 3.05) is 51.4 Å². The third kappa shape index (κ3) is 4.93. The maximum atomic E-state index is 12.9. The normalized spacial score (nSPS) is 14.0. The minimum atomic E-state index is -0.446. The Balaban J connectivity index is 1.69. The van der Waals surface area contributed by atoms with Crippen molar-refractivity contribution in [2.45, 2.75) is 0 Å². The Morgan fingerprint density at radius 1 is 1.24 bits per heavy atom. The third-order valence-corrected chi connectivity index (χ3v) is 4.80. The number of carbonyl (C=O) groups is 1. The second kappa shape index (κ2) is 9.53. The van der Waals surface area contributed by atoms with Crippen LogP contribution in [-0.2, 0) is 4.74 Å². The fraction of sp³-hybridized carbons (Fsp3) is 0.368. The van der Waals surface area contributed by atoms with Crippen molar-refractivity contribution < 1.29 is 19.2 Å². The number of hydrogen-bond donors (Lipinski definition) is 0. The maximum absolute atomic E-state index is 12.9. The second-order valence-corrected chi connectivity index (χ2v) is 6.80. The molecule has 0 N–H and O–H groups in total. The van der Waals surface area contributed by atoms with Crippen molar-refractivity contribution >= 4 is 28.9 Å². The number of ether oxygens (including phenoxy) is 2. The van der Waals surface area contributed by atoms with E-state index in [2.05, 4.69) is 4.98 Å². The van der Waals surface area contributed by atoms with Gasteiger partial charge in [-0.05, 0) is 24.3 Å². The Morgan fingerprint density at radius 3 is 2.69 bits per heavy atom. The highest BCUT2D eigenvalue weighted by atomic mass is 35.5. The molecule has 1 aliphatic rings. The first-order chi connectivity index (χ1) is 14.0. The van der Waals surface area contributed by atoms with Crippen LogP contribution in [0.25, 0.3) is 0 Å². The van der Waals surface area contributed by atoms with Crippen LogP contribution in [0.4, 0.5) is 11.4 Å². The molecule has 1 saturated heterocycles. The zero-order valence-electron chi connectivity index (χ0n) is 15.9. The summed E-state index contributed by atoms with van der Waals surface area (Å²) in [5.41, 5.74) is 0.837. The van der Waals surface area contributed by atoms with E-state index >= 15 is 0 Å². The number of methoxy groups -OCH3 is 1. The molecule has 2 aromatic rings. The van der Waals surface area contributed by atoms with Gasteiger partial charge >= 0.3 is 0 Å². The number of aromatic nitrogens is 1. The van der Waals surface area contributed by atoms with Gasteiger partial charge in [0, 0.05) is 50.6 Å². The standard InChI is InChI=1S/C19H21ClN4O5/c1-28-11-12-29-18-15(3-2-6-21-18)19(25)23-9-7-22(8-10-23)16-5-4-14(20)13-17(16)24(26)27/h2-6,13H,7-12H2,1H3. The first kappa shape index (κ1) is 20.8. The van der Waals surface area contributed by atoms with Gasteiger partial charge in [0.05, 0.1) is 11.5 Å². The highest BCUT2D eigenvalue weighted by Crippen LogP contribution is 2.32. The number of piperazine rings is 1. The van der Waals surface area contributed by atoms with E-state index in [9.17, 15) is 14.9 Å². The molecular formula is C19H21ClN4O5. The van der Waals surface area contributed by atoms with E-state index in [-0.39, 0.29) is 17.5 Å². The number of halogens is 1. The lowest BCUT2D eigenvalue weighted by Crippen LogP contribution is -2.49. The van der Waals surface area contributed by atoms with Crippen LogP contribution in [0.3, 0.4) is 0 Å². The highest BCUT2D eigenvalue weighted by Gasteiger charge is 2.28. The molecule has 9 nitrogen and oxygen atoms in total. The molecule has 2 heterocycles. The van der Waals surface area contributed by atoms with Crippen molar-refractivity contribution in [2.24, 2.45) is 0 Å². The van der Waals surface area contributed by atoms with Crippen LogP contribution in [0.1, 0.15) is 10.4 Å². The molecule has 0 radical (unpaired) electrons. The number of nitro groups is 1. The molecule has 1 fully saturated rings. The van der Waals surface area contributed by atoms with Crippen LogP contribution < -0.4 is 9.64 Å². The molecule has 0 bridgehead atoms. The van der Waals surface area contributed by atoms with Crippen LogP contribution in [0, 0.1) is 10.1 Å². The molecule has 1 aromatic carbocycles. The smallest absolute Gasteiger partial charge is 0.294 e. The Kier molecular flexibility index (Phi) is 6.84. The largest absolute Gasteiger partial charge is 0.475 e. The molecule has 0 atom stereocenters. The third-order valence-electron chi connectivity index (χ3n) is 4.57. The monoisotopic (exact) mass is 420 g/mol. The van der Waals surface area contributed by atoms with Crippen LogP contribution in [0.2, 0.25) is 5.02 Å². The number of carbonyl (C=O) groups excluding carboxylic acids is 1. The summed E-state index contributed by atoms with van der Waals surface area (Å²) in [5, 5.41) is 11.7. The summed E-state index contributed by atoms with van der Waals surface area (Å²) in [6.07, 6.45) is 1.57. The number of benzene rings is 1. The summed E-state index contributed by atoms with van der Waals surface area (Å²) in [6, 6.07) is 7.97. The quantitative estimate of drug-likeness (QED) is 0.385. The van der Waals surface area contributed by atoms with E-state index in [1.165, 1.54) is 6.07 Å². The van der Waals surface area contributed by atoms with Gasteiger partial charge in [0.1, 0.15) is 17.9 Å². The highest BCUT2D eigenvalue weighted by molar-refractivity contribution is 6.30. The average molecular weight is 421 g/mol.